The normalized spacial score (nSPS) is 33.2. The van der Waals surface area contributed by atoms with Gasteiger partial charge in [0, 0.05) is 12.6 Å². The second-order valence-corrected chi connectivity index (χ2v) is 4.01. The van der Waals surface area contributed by atoms with E-state index in [9.17, 15) is 0 Å². The zero-order valence-corrected chi connectivity index (χ0v) is 8.31. The molecule has 1 aliphatic rings. The fourth-order valence-electron chi connectivity index (χ4n) is 1.86. The van der Waals surface area contributed by atoms with Crippen molar-refractivity contribution in [3.8, 4) is 0 Å². The Morgan fingerprint density at radius 1 is 1.50 bits per heavy atom. The van der Waals surface area contributed by atoms with Crippen LogP contribution in [-0.2, 0) is 4.74 Å². The summed E-state index contributed by atoms with van der Waals surface area (Å²) in [6.45, 7) is 5.23. The van der Waals surface area contributed by atoms with Crippen molar-refractivity contribution in [1.29, 1.82) is 0 Å². The molecule has 1 aliphatic heterocycles. The first kappa shape index (κ1) is 10.0. The summed E-state index contributed by atoms with van der Waals surface area (Å²) in [5.41, 5.74) is 6.03. The quantitative estimate of drug-likeness (QED) is 0.705. The number of rotatable bonds is 3. The van der Waals surface area contributed by atoms with E-state index < -0.39 is 0 Å². The molecule has 0 aromatic carbocycles. The SMILES string of the molecule is CCCC(N)C1(C)CCCCO1. The van der Waals surface area contributed by atoms with E-state index in [4.69, 9.17) is 10.5 Å². The number of hydrogen-bond acceptors (Lipinski definition) is 2. The summed E-state index contributed by atoms with van der Waals surface area (Å²) in [4.78, 5) is 0. The monoisotopic (exact) mass is 171 g/mol. The van der Waals surface area contributed by atoms with Gasteiger partial charge in [-0.3, -0.25) is 0 Å². The Balaban J connectivity index is 2.44. The average Bonchev–Trinajstić information content (AvgIpc) is 2.06. The molecule has 2 heteroatoms. The average molecular weight is 171 g/mol. The Morgan fingerprint density at radius 3 is 2.75 bits per heavy atom. The van der Waals surface area contributed by atoms with E-state index >= 15 is 0 Å². The first-order valence-corrected chi connectivity index (χ1v) is 5.08. The molecule has 0 aromatic heterocycles. The second kappa shape index (κ2) is 4.24. The molecule has 2 atom stereocenters. The summed E-state index contributed by atoms with van der Waals surface area (Å²) in [5, 5.41) is 0. The largest absolute Gasteiger partial charge is 0.374 e. The minimum atomic E-state index is -0.0335. The molecule has 0 amide bonds. The van der Waals surface area contributed by atoms with Gasteiger partial charge < -0.3 is 10.5 Å². The molecule has 2 unspecified atom stereocenters. The third-order valence-corrected chi connectivity index (χ3v) is 2.88. The molecule has 1 rings (SSSR count). The lowest BCUT2D eigenvalue weighted by Gasteiger charge is -2.38. The van der Waals surface area contributed by atoms with E-state index in [0.29, 0.717) is 0 Å². The zero-order valence-electron chi connectivity index (χ0n) is 8.31. The Hall–Kier alpha value is -0.0800. The third-order valence-electron chi connectivity index (χ3n) is 2.88. The molecule has 0 radical (unpaired) electrons. The lowest BCUT2D eigenvalue weighted by Crippen LogP contribution is -2.49. The van der Waals surface area contributed by atoms with E-state index in [1.165, 1.54) is 12.8 Å². The molecule has 2 nitrogen and oxygen atoms in total. The number of ether oxygens (including phenoxy) is 1. The van der Waals surface area contributed by atoms with Gasteiger partial charge in [0.05, 0.1) is 5.60 Å². The van der Waals surface area contributed by atoms with Gasteiger partial charge in [-0.05, 0) is 32.6 Å². The van der Waals surface area contributed by atoms with Crippen LogP contribution in [0.3, 0.4) is 0 Å². The molecule has 72 valence electrons. The van der Waals surface area contributed by atoms with Crippen LogP contribution in [-0.4, -0.2) is 18.2 Å². The fourth-order valence-corrected chi connectivity index (χ4v) is 1.86. The van der Waals surface area contributed by atoms with Crippen LogP contribution < -0.4 is 5.73 Å². The van der Waals surface area contributed by atoms with Crippen LogP contribution in [0.5, 0.6) is 0 Å². The van der Waals surface area contributed by atoms with E-state index in [1.807, 2.05) is 0 Å². The highest BCUT2D eigenvalue weighted by atomic mass is 16.5. The molecule has 0 spiro atoms. The van der Waals surface area contributed by atoms with Crippen molar-refractivity contribution in [2.75, 3.05) is 6.61 Å². The maximum absolute atomic E-state index is 6.07. The second-order valence-electron chi connectivity index (χ2n) is 4.01. The first-order valence-electron chi connectivity index (χ1n) is 5.08. The lowest BCUT2D eigenvalue weighted by atomic mass is 9.86. The Morgan fingerprint density at radius 2 is 2.25 bits per heavy atom. The fraction of sp³-hybridized carbons (Fsp3) is 1.00. The van der Waals surface area contributed by atoms with Gasteiger partial charge in [0.1, 0.15) is 0 Å². The molecule has 1 fully saturated rings. The van der Waals surface area contributed by atoms with Crippen molar-refractivity contribution in [1.82, 2.24) is 0 Å². The minimum absolute atomic E-state index is 0.0335. The topological polar surface area (TPSA) is 35.2 Å². The van der Waals surface area contributed by atoms with Crippen LogP contribution in [0.15, 0.2) is 0 Å². The number of hydrogen-bond donors (Lipinski definition) is 1. The van der Waals surface area contributed by atoms with Gasteiger partial charge in [0.15, 0.2) is 0 Å². The molecule has 0 aromatic rings. The zero-order chi connectivity index (χ0) is 9.03. The van der Waals surface area contributed by atoms with E-state index in [1.54, 1.807) is 0 Å². The molecule has 1 saturated heterocycles. The van der Waals surface area contributed by atoms with Gasteiger partial charge >= 0.3 is 0 Å². The van der Waals surface area contributed by atoms with Gasteiger partial charge in [-0.2, -0.15) is 0 Å². The predicted octanol–water partition coefficient (Wildman–Crippen LogP) is 2.07. The van der Waals surface area contributed by atoms with Crippen LogP contribution in [0.1, 0.15) is 46.0 Å². The molecule has 2 N–H and O–H groups in total. The van der Waals surface area contributed by atoms with Gasteiger partial charge in [-0.1, -0.05) is 13.3 Å². The van der Waals surface area contributed by atoms with Gasteiger partial charge in [0.25, 0.3) is 0 Å². The van der Waals surface area contributed by atoms with Crippen LogP contribution >= 0.6 is 0 Å². The maximum Gasteiger partial charge on any atom is 0.0804 e. The smallest absolute Gasteiger partial charge is 0.0804 e. The minimum Gasteiger partial charge on any atom is -0.374 e. The highest BCUT2D eigenvalue weighted by Crippen LogP contribution is 2.28. The first-order chi connectivity index (χ1) is 5.69. The molecule has 0 bridgehead atoms. The molecular formula is C10H21NO. The van der Waals surface area contributed by atoms with E-state index in [2.05, 4.69) is 13.8 Å². The Bertz CT molecular complexity index is 130. The maximum atomic E-state index is 6.07. The van der Waals surface area contributed by atoms with Crippen LogP contribution in [0.25, 0.3) is 0 Å². The standard InChI is InChI=1S/C10H21NO/c1-3-6-9(11)10(2)7-4-5-8-12-10/h9H,3-8,11H2,1-2H3. The van der Waals surface area contributed by atoms with Gasteiger partial charge in [-0.15, -0.1) is 0 Å². The van der Waals surface area contributed by atoms with Gasteiger partial charge in [-0.25, -0.2) is 0 Å². The Labute approximate surface area is 75.5 Å². The highest BCUT2D eigenvalue weighted by Gasteiger charge is 2.33. The van der Waals surface area contributed by atoms with Crippen molar-refractivity contribution in [2.45, 2.75) is 57.6 Å². The molecule has 12 heavy (non-hydrogen) atoms. The van der Waals surface area contributed by atoms with E-state index in [0.717, 1.165) is 25.9 Å². The van der Waals surface area contributed by atoms with E-state index in [-0.39, 0.29) is 11.6 Å². The van der Waals surface area contributed by atoms with Crippen molar-refractivity contribution in [3.63, 3.8) is 0 Å². The summed E-state index contributed by atoms with van der Waals surface area (Å²) in [6.07, 6.45) is 5.84. The van der Waals surface area contributed by atoms with Crippen LogP contribution in [0.4, 0.5) is 0 Å². The van der Waals surface area contributed by atoms with Crippen LogP contribution in [0.2, 0.25) is 0 Å². The van der Waals surface area contributed by atoms with Gasteiger partial charge in [0.2, 0.25) is 0 Å². The predicted molar refractivity (Wildman–Crippen MR) is 51.1 cm³/mol. The molecule has 0 saturated carbocycles. The molecule has 0 aliphatic carbocycles. The summed E-state index contributed by atoms with van der Waals surface area (Å²) >= 11 is 0. The Kier molecular flexibility index (Phi) is 3.53. The summed E-state index contributed by atoms with van der Waals surface area (Å²) < 4.78 is 5.75. The van der Waals surface area contributed by atoms with Crippen molar-refractivity contribution >= 4 is 0 Å². The lowest BCUT2D eigenvalue weighted by molar-refractivity contribution is -0.0824. The summed E-state index contributed by atoms with van der Waals surface area (Å²) in [5.74, 6) is 0. The van der Waals surface area contributed by atoms with Crippen molar-refractivity contribution in [3.05, 3.63) is 0 Å². The highest BCUT2D eigenvalue weighted by molar-refractivity contribution is 4.88. The van der Waals surface area contributed by atoms with Crippen molar-refractivity contribution < 1.29 is 4.74 Å². The molecule has 1 heterocycles. The summed E-state index contributed by atoms with van der Waals surface area (Å²) in [6, 6.07) is 0.225. The van der Waals surface area contributed by atoms with Crippen molar-refractivity contribution in [2.24, 2.45) is 5.73 Å². The number of nitrogens with two attached hydrogens (primary N) is 1. The third kappa shape index (κ3) is 2.20. The van der Waals surface area contributed by atoms with Crippen LogP contribution in [0, 0.1) is 0 Å². The molecular weight excluding hydrogens is 150 g/mol. The summed E-state index contributed by atoms with van der Waals surface area (Å²) in [7, 11) is 0.